The van der Waals surface area contributed by atoms with E-state index in [4.69, 9.17) is 0 Å². The molecule has 0 N–H and O–H groups in total. The second kappa shape index (κ2) is 8.86. The van der Waals surface area contributed by atoms with Gasteiger partial charge < -0.3 is 4.90 Å². The SMILES string of the molecule is CC1=C(c2cnc(CC(=O)c3c(F)cc(F)cc3F)cn2)CN(c2ncccc2F)CC1. The number of carbonyl (C=O) groups is 1. The summed E-state index contributed by atoms with van der Waals surface area (Å²) in [6.07, 6.45) is 4.65. The van der Waals surface area contributed by atoms with Crippen molar-refractivity contribution < 1.29 is 22.4 Å². The van der Waals surface area contributed by atoms with Crippen LogP contribution >= 0.6 is 0 Å². The maximum Gasteiger partial charge on any atom is 0.174 e. The summed E-state index contributed by atoms with van der Waals surface area (Å²) in [6.45, 7) is 2.96. The van der Waals surface area contributed by atoms with E-state index < -0.39 is 41.0 Å². The van der Waals surface area contributed by atoms with Crippen molar-refractivity contribution in [3.05, 3.63) is 88.6 Å². The minimum Gasteiger partial charge on any atom is -0.349 e. The number of pyridine rings is 1. The Labute approximate surface area is 181 Å². The van der Waals surface area contributed by atoms with Crippen LogP contribution in [-0.2, 0) is 6.42 Å². The highest BCUT2D eigenvalue weighted by Gasteiger charge is 2.23. The largest absolute Gasteiger partial charge is 0.349 e. The van der Waals surface area contributed by atoms with Crippen molar-refractivity contribution in [3.8, 4) is 0 Å². The van der Waals surface area contributed by atoms with Gasteiger partial charge in [-0.05, 0) is 31.1 Å². The zero-order chi connectivity index (χ0) is 22.8. The monoisotopic (exact) mass is 442 g/mol. The third-order valence-corrected chi connectivity index (χ3v) is 5.30. The number of aromatic nitrogens is 3. The second-order valence-corrected chi connectivity index (χ2v) is 7.48. The molecule has 9 heteroatoms. The summed E-state index contributed by atoms with van der Waals surface area (Å²) in [7, 11) is 0. The van der Waals surface area contributed by atoms with Crippen LogP contribution in [0.5, 0.6) is 0 Å². The fraction of sp³-hybridized carbons (Fsp3) is 0.217. The van der Waals surface area contributed by atoms with E-state index in [9.17, 15) is 22.4 Å². The Morgan fingerprint density at radius 2 is 1.78 bits per heavy atom. The van der Waals surface area contributed by atoms with Gasteiger partial charge in [-0.2, -0.15) is 0 Å². The van der Waals surface area contributed by atoms with Gasteiger partial charge in [-0.15, -0.1) is 0 Å². The summed E-state index contributed by atoms with van der Waals surface area (Å²) in [6, 6.07) is 3.80. The van der Waals surface area contributed by atoms with Gasteiger partial charge in [0.25, 0.3) is 0 Å². The van der Waals surface area contributed by atoms with E-state index in [0.29, 0.717) is 37.3 Å². The summed E-state index contributed by atoms with van der Waals surface area (Å²) < 4.78 is 54.9. The number of hydrogen-bond acceptors (Lipinski definition) is 5. The smallest absolute Gasteiger partial charge is 0.174 e. The van der Waals surface area contributed by atoms with Crippen molar-refractivity contribution in [1.29, 1.82) is 0 Å². The molecule has 0 radical (unpaired) electrons. The van der Waals surface area contributed by atoms with Gasteiger partial charge in [0.2, 0.25) is 0 Å². The van der Waals surface area contributed by atoms with Crippen LogP contribution in [0.4, 0.5) is 23.4 Å². The van der Waals surface area contributed by atoms with Crippen molar-refractivity contribution in [2.24, 2.45) is 0 Å². The second-order valence-electron chi connectivity index (χ2n) is 7.48. The molecule has 0 saturated heterocycles. The number of ketones is 1. The van der Waals surface area contributed by atoms with Gasteiger partial charge in [0, 0.05) is 37.6 Å². The molecular formula is C23H18F4N4O. The maximum atomic E-state index is 14.1. The molecule has 0 spiro atoms. The summed E-state index contributed by atoms with van der Waals surface area (Å²) in [5.74, 6) is -4.64. The van der Waals surface area contributed by atoms with Crippen LogP contribution in [0.1, 0.15) is 35.1 Å². The number of benzene rings is 1. The Hall–Kier alpha value is -3.62. The lowest BCUT2D eigenvalue weighted by atomic mass is 9.99. The first kappa shape index (κ1) is 21.6. The third kappa shape index (κ3) is 4.37. The normalized spacial score (nSPS) is 14.1. The molecule has 5 nitrogen and oxygen atoms in total. The van der Waals surface area contributed by atoms with Crippen LogP contribution in [0.2, 0.25) is 0 Å². The lowest BCUT2D eigenvalue weighted by Crippen LogP contribution is -2.32. The third-order valence-electron chi connectivity index (χ3n) is 5.30. The van der Waals surface area contributed by atoms with Gasteiger partial charge >= 0.3 is 0 Å². The number of halogens is 4. The van der Waals surface area contributed by atoms with Gasteiger partial charge in [-0.1, -0.05) is 5.57 Å². The van der Waals surface area contributed by atoms with Crippen LogP contribution < -0.4 is 4.90 Å². The van der Waals surface area contributed by atoms with E-state index in [0.717, 1.165) is 11.1 Å². The van der Waals surface area contributed by atoms with Crippen LogP contribution in [0.25, 0.3) is 5.57 Å². The first-order valence-corrected chi connectivity index (χ1v) is 9.86. The van der Waals surface area contributed by atoms with E-state index >= 15 is 0 Å². The van der Waals surface area contributed by atoms with Crippen molar-refractivity contribution in [1.82, 2.24) is 15.0 Å². The van der Waals surface area contributed by atoms with Gasteiger partial charge in [-0.25, -0.2) is 22.5 Å². The topological polar surface area (TPSA) is 59.0 Å². The van der Waals surface area contributed by atoms with Gasteiger partial charge in [0.05, 0.1) is 29.6 Å². The Balaban J connectivity index is 1.52. The molecule has 0 bridgehead atoms. The number of rotatable bonds is 5. The fourth-order valence-corrected chi connectivity index (χ4v) is 3.61. The lowest BCUT2D eigenvalue weighted by Gasteiger charge is -2.30. The van der Waals surface area contributed by atoms with E-state index in [1.165, 1.54) is 30.7 Å². The molecule has 0 unspecified atom stereocenters. The Morgan fingerprint density at radius 3 is 2.44 bits per heavy atom. The van der Waals surface area contributed by atoms with Crippen molar-refractivity contribution in [2.45, 2.75) is 19.8 Å². The molecule has 1 aliphatic heterocycles. The predicted octanol–water partition coefficient (Wildman–Crippen LogP) is 4.54. The number of nitrogens with zero attached hydrogens (tertiary/aromatic N) is 4. The lowest BCUT2D eigenvalue weighted by molar-refractivity contribution is 0.0983. The fourth-order valence-electron chi connectivity index (χ4n) is 3.61. The van der Waals surface area contributed by atoms with E-state index in [2.05, 4.69) is 15.0 Å². The Bertz CT molecular complexity index is 1190. The van der Waals surface area contributed by atoms with Crippen molar-refractivity contribution in [2.75, 3.05) is 18.0 Å². The molecule has 32 heavy (non-hydrogen) atoms. The molecular weight excluding hydrogens is 424 g/mol. The highest BCUT2D eigenvalue weighted by Crippen LogP contribution is 2.28. The molecule has 0 fully saturated rings. The molecule has 0 saturated carbocycles. The van der Waals surface area contributed by atoms with Crippen LogP contribution in [-0.4, -0.2) is 33.8 Å². The minimum absolute atomic E-state index is 0.212. The summed E-state index contributed by atoms with van der Waals surface area (Å²) in [4.78, 5) is 26.8. The summed E-state index contributed by atoms with van der Waals surface area (Å²) in [5, 5.41) is 0. The zero-order valence-corrected chi connectivity index (χ0v) is 17.1. The molecule has 4 rings (SSSR count). The first-order valence-electron chi connectivity index (χ1n) is 9.86. The zero-order valence-electron chi connectivity index (χ0n) is 17.1. The molecule has 3 heterocycles. The Morgan fingerprint density at radius 1 is 1.03 bits per heavy atom. The summed E-state index contributed by atoms with van der Waals surface area (Å²) in [5.41, 5.74) is 1.90. The average molecular weight is 442 g/mol. The standard InChI is InChI=1S/C23H18F4N4O/c1-13-4-6-31(23-17(25)3-2-5-28-23)12-16(13)20-11-29-15(10-30-20)9-21(32)22-18(26)7-14(24)8-19(22)27/h2-3,5,7-8,10-11H,4,6,9,12H2,1H3. The number of hydrogen-bond donors (Lipinski definition) is 0. The van der Waals surface area contributed by atoms with Gasteiger partial charge in [-0.3, -0.25) is 14.8 Å². The number of carbonyl (C=O) groups excluding carboxylic acids is 1. The minimum atomic E-state index is -1.26. The molecule has 0 aliphatic carbocycles. The molecule has 0 amide bonds. The van der Waals surface area contributed by atoms with Gasteiger partial charge in [0.1, 0.15) is 17.5 Å². The molecule has 1 aliphatic rings. The summed E-state index contributed by atoms with van der Waals surface area (Å²) >= 11 is 0. The predicted molar refractivity (Wildman–Crippen MR) is 110 cm³/mol. The maximum absolute atomic E-state index is 14.1. The Kier molecular flexibility index (Phi) is 5.98. The van der Waals surface area contributed by atoms with Crippen molar-refractivity contribution >= 4 is 17.2 Å². The van der Waals surface area contributed by atoms with E-state index in [-0.39, 0.29) is 11.5 Å². The molecule has 0 atom stereocenters. The molecule has 3 aromatic rings. The van der Waals surface area contributed by atoms with E-state index in [1.54, 1.807) is 0 Å². The van der Waals surface area contributed by atoms with Crippen LogP contribution in [0, 0.1) is 23.3 Å². The average Bonchev–Trinajstić information content (AvgIpc) is 2.74. The van der Waals surface area contributed by atoms with Crippen molar-refractivity contribution in [3.63, 3.8) is 0 Å². The molecule has 2 aromatic heterocycles. The van der Waals surface area contributed by atoms with Crippen LogP contribution in [0.15, 0.2) is 48.4 Å². The molecule has 164 valence electrons. The highest BCUT2D eigenvalue weighted by atomic mass is 19.1. The number of anilines is 1. The first-order chi connectivity index (χ1) is 15.3. The molecule has 1 aromatic carbocycles. The quantitative estimate of drug-likeness (QED) is 0.429. The van der Waals surface area contributed by atoms with E-state index in [1.807, 2.05) is 11.8 Å². The van der Waals surface area contributed by atoms with Crippen LogP contribution in [0.3, 0.4) is 0 Å². The highest BCUT2D eigenvalue weighted by molar-refractivity contribution is 5.97. The number of Topliss-reactive ketones (excluding diaryl/α,β-unsaturated/α-hetero) is 1. The van der Waals surface area contributed by atoms with Gasteiger partial charge in [0.15, 0.2) is 17.4 Å².